The number of benzene rings is 1. The topological polar surface area (TPSA) is 207 Å². The van der Waals surface area contributed by atoms with Gasteiger partial charge in [0.15, 0.2) is 6.10 Å². The van der Waals surface area contributed by atoms with Crippen molar-refractivity contribution in [1.29, 1.82) is 0 Å². The van der Waals surface area contributed by atoms with Crippen molar-refractivity contribution in [3.05, 3.63) is 47.5 Å². The molecular weight excluding hydrogens is 757 g/mol. The van der Waals surface area contributed by atoms with E-state index in [9.17, 15) is 33.6 Å². The number of cyclic esters (lactones) is 2. The highest BCUT2D eigenvalue weighted by Gasteiger charge is 2.37. The Bertz CT molecular complexity index is 1640. The lowest BCUT2D eigenvalue weighted by atomic mass is 9.85. The molecule has 0 aliphatic carbocycles. The summed E-state index contributed by atoms with van der Waals surface area (Å²) < 4.78 is 11.7. The third-order valence-electron chi connectivity index (χ3n) is 11.3. The minimum atomic E-state index is -1.22. The summed E-state index contributed by atoms with van der Waals surface area (Å²) in [6, 6.07) is 4.16. The Balaban J connectivity index is 2.61. The fourth-order valence-corrected chi connectivity index (χ4v) is 6.81. The second-order valence-corrected chi connectivity index (χ2v) is 16.7. The summed E-state index contributed by atoms with van der Waals surface area (Å²) in [6.45, 7) is 17.3. The smallest absolute Gasteiger partial charge is 0.334 e. The number of nitrogens with one attached hydrogen (secondary N) is 3. The number of hydrogen-bond donors (Lipinski definition) is 4. The van der Waals surface area contributed by atoms with Crippen molar-refractivity contribution < 1.29 is 43.0 Å². The van der Waals surface area contributed by atoms with Gasteiger partial charge in [-0.1, -0.05) is 97.7 Å². The number of hydrogen-bond acceptors (Lipinski definition) is 10. The Morgan fingerprint density at radius 3 is 1.97 bits per heavy atom. The van der Waals surface area contributed by atoms with Gasteiger partial charge in [-0.3, -0.25) is 24.0 Å². The van der Waals surface area contributed by atoms with Crippen LogP contribution < -0.4 is 21.7 Å². The van der Waals surface area contributed by atoms with Crippen LogP contribution in [0.1, 0.15) is 100 Å². The molecule has 0 radical (unpaired) electrons. The first kappa shape index (κ1) is 50.4. The lowest BCUT2D eigenvalue weighted by Gasteiger charge is -2.34. The third-order valence-corrected chi connectivity index (χ3v) is 11.3. The quantitative estimate of drug-likeness (QED) is 0.282. The van der Waals surface area contributed by atoms with Gasteiger partial charge in [-0.05, 0) is 56.9 Å². The van der Waals surface area contributed by atoms with Crippen molar-refractivity contribution >= 4 is 41.5 Å². The lowest BCUT2D eigenvalue weighted by Crippen LogP contribution is -2.57. The van der Waals surface area contributed by atoms with Crippen LogP contribution in [0.3, 0.4) is 0 Å². The number of rotatable bonds is 8. The number of nitrogens with zero attached hydrogens (tertiary/aromatic N) is 2. The summed E-state index contributed by atoms with van der Waals surface area (Å²) in [5.74, 6) is -5.31. The number of carbonyl (C=O) groups excluding carboxylic acids is 7. The van der Waals surface area contributed by atoms with Crippen molar-refractivity contribution in [1.82, 2.24) is 25.8 Å². The van der Waals surface area contributed by atoms with Crippen molar-refractivity contribution in [3.8, 4) is 0 Å². The van der Waals surface area contributed by atoms with Gasteiger partial charge in [0.1, 0.15) is 30.3 Å². The Morgan fingerprint density at radius 2 is 1.39 bits per heavy atom. The minimum Gasteiger partial charge on any atom is -0.460 e. The molecule has 1 aliphatic heterocycles. The predicted octanol–water partition coefficient (Wildman–Crippen LogP) is 3.28. The largest absolute Gasteiger partial charge is 0.460 e. The van der Waals surface area contributed by atoms with Gasteiger partial charge in [0.2, 0.25) is 23.6 Å². The van der Waals surface area contributed by atoms with E-state index in [1.807, 2.05) is 59.7 Å². The molecule has 330 valence electrons. The van der Waals surface area contributed by atoms with Gasteiger partial charge in [-0.2, -0.15) is 0 Å². The van der Waals surface area contributed by atoms with Gasteiger partial charge < -0.3 is 41.0 Å². The first-order valence-electron chi connectivity index (χ1n) is 20.9. The molecule has 1 heterocycles. The fourth-order valence-electron chi connectivity index (χ4n) is 6.81. The molecule has 59 heavy (non-hydrogen) atoms. The summed E-state index contributed by atoms with van der Waals surface area (Å²) in [5.41, 5.74) is 7.60. The van der Waals surface area contributed by atoms with Crippen LogP contribution in [-0.2, 0) is 49.5 Å². The maximum absolute atomic E-state index is 14.1. The van der Waals surface area contributed by atoms with E-state index in [1.165, 1.54) is 37.7 Å². The van der Waals surface area contributed by atoms with Crippen molar-refractivity contribution in [2.24, 2.45) is 29.4 Å². The Morgan fingerprint density at radius 1 is 0.797 bits per heavy atom. The highest BCUT2D eigenvalue weighted by molar-refractivity contribution is 5.96. The fraction of sp³-hybridized carbons (Fsp3) is 0.659. The van der Waals surface area contributed by atoms with Crippen LogP contribution in [0.5, 0.6) is 0 Å². The molecule has 0 spiro atoms. The van der Waals surface area contributed by atoms with Crippen molar-refractivity contribution in [2.45, 2.75) is 144 Å². The summed E-state index contributed by atoms with van der Waals surface area (Å²) in [7, 11) is 2.88. The van der Waals surface area contributed by atoms with E-state index in [0.717, 1.165) is 5.56 Å². The molecule has 0 saturated heterocycles. The Labute approximate surface area is 350 Å². The first-order valence-corrected chi connectivity index (χ1v) is 20.9. The average molecular weight is 827 g/mol. The molecule has 0 saturated carbocycles. The summed E-state index contributed by atoms with van der Waals surface area (Å²) in [5, 5.41) is 8.14. The summed E-state index contributed by atoms with van der Waals surface area (Å²) in [4.78, 5) is 98.2. The van der Waals surface area contributed by atoms with Crippen LogP contribution in [0.4, 0.5) is 0 Å². The number of nitrogens with two attached hydrogens (primary N) is 1. The highest BCUT2D eigenvalue weighted by Crippen LogP contribution is 2.25. The van der Waals surface area contributed by atoms with Gasteiger partial charge in [0, 0.05) is 38.0 Å². The second kappa shape index (κ2) is 23.7. The van der Waals surface area contributed by atoms with Gasteiger partial charge in [0.25, 0.3) is 5.91 Å². The molecule has 0 bridgehead atoms. The number of ether oxygens (including phenoxy) is 2. The molecule has 2 rings (SSSR count). The number of likely N-dealkylation sites (N-methyl/N-ethyl adjacent to an activating group) is 2. The van der Waals surface area contributed by atoms with E-state index in [4.69, 9.17) is 15.2 Å². The van der Waals surface area contributed by atoms with Gasteiger partial charge >= 0.3 is 11.9 Å². The molecule has 5 amide bonds. The van der Waals surface area contributed by atoms with Crippen molar-refractivity contribution in [2.75, 3.05) is 20.6 Å². The monoisotopic (exact) mass is 827 g/mol. The Kier molecular flexibility index (Phi) is 20.2. The van der Waals surface area contributed by atoms with E-state index >= 15 is 0 Å². The van der Waals surface area contributed by atoms with Crippen LogP contribution in [0.15, 0.2) is 42.0 Å². The minimum absolute atomic E-state index is 0.0524. The number of amides is 5. The maximum Gasteiger partial charge on any atom is 0.334 e. The first-order chi connectivity index (χ1) is 27.6. The van der Waals surface area contributed by atoms with E-state index in [-0.39, 0.29) is 48.5 Å². The predicted molar refractivity (Wildman–Crippen MR) is 225 cm³/mol. The van der Waals surface area contributed by atoms with Crippen molar-refractivity contribution in [3.63, 3.8) is 0 Å². The number of esters is 2. The molecular formula is C44H70N6O9. The summed E-state index contributed by atoms with van der Waals surface area (Å²) >= 11 is 0. The van der Waals surface area contributed by atoms with Gasteiger partial charge in [0.05, 0.1) is 6.54 Å². The standard InChI is InChI=1S/C44H70N6O9/c1-13-26(5)37-40(53)47-31(10)44(57)59-38(27(6)14-2)29(8)33(45)21-20-28(7)43(56)58-35(22-25(3)4)39(52)46-30(9)41(54)50(12)34(23-32-18-16-15-17-19-32)42(55)49(11)24-36(51)48-37/h15-20,25-27,29-31,33-35,37-38H,13-14,21-24,45H2,1-12H3,(H,46,52)(H,47,53)(H,48,51)/b28-20+/t26?,27-,29-,30-,31+,33-,34+,35+,37-,38+/m0/s1. The molecule has 1 aliphatic rings. The molecule has 1 aromatic carbocycles. The Hall–Kier alpha value is -4.79. The van der Waals surface area contributed by atoms with Crippen LogP contribution in [0.2, 0.25) is 0 Å². The molecule has 15 nitrogen and oxygen atoms in total. The van der Waals surface area contributed by atoms with Gasteiger partial charge in [-0.15, -0.1) is 0 Å². The maximum atomic E-state index is 14.1. The highest BCUT2D eigenvalue weighted by atomic mass is 16.6. The zero-order chi connectivity index (χ0) is 44.7. The zero-order valence-electron chi connectivity index (χ0n) is 37.2. The SMILES string of the molecule is CCC(C)[C@@H]1NC(=O)CN(C)C(=O)[C@@H](Cc2ccccc2)N(C)C(=O)[C@H](C)NC(=O)[C@@H](CC(C)C)OC(=O)/C(C)=C/C[C@H](N)[C@H](C)[C@@H]([C@@H](C)CC)OC(=O)[C@@H](C)NC1=O. The molecule has 0 fully saturated rings. The van der Waals surface area contributed by atoms with Crippen LogP contribution >= 0.6 is 0 Å². The third kappa shape index (κ3) is 15.1. The number of carbonyl (C=O) groups is 7. The molecule has 5 N–H and O–H groups in total. The molecule has 10 atom stereocenters. The van der Waals surface area contributed by atoms with Crippen LogP contribution in [0.25, 0.3) is 0 Å². The molecule has 1 aromatic rings. The van der Waals surface area contributed by atoms with Crippen LogP contribution in [-0.4, -0.2) is 114 Å². The van der Waals surface area contributed by atoms with E-state index in [2.05, 4.69) is 16.0 Å². The second-order valence-electron chi connectivity index (χ2n) is 16.7. The van der Waals surface area contributed by atoms with Gasteiger partial charge in [-0.25, -0.2) is 9.59 Å². The molecule has 0 aromatic heterocycles. The van der Waals surface area contributed by atoms with Crippen LogP contribution in [0, 0.1) is 23.7 Å². The average Bonchev–Trinajstić information content (AvgIpc) is 3.20. The van der Waals surface area contributed by atoms with E-state index in [0.29, 0.717) is 12.8 Å². The molecule has 1 unspecified atom stereocenters. The van der Waals surface area contributed by atoms with E-state index in [1.54, 1.807) is 32.1 Å². The van der Waals surface area contributed by atoms with E-state index < -0.39 is 90.4 Å². The summed E-state index contributed by atoms with van der Waals surface area (Å²) in [6.07, 6.45) is 1.46. The normalized spacial score (nSPS) is 29.1. The molecule has 15 heteroatoms. The lowest BCUT2D eigenvalue weighted by molar-refractivity contribution is -0.158. The zero-order valence-corrected chi connectivity index (χ0v) is 37.2.